The fourth-order valence-corrected chi connectivity index (χ4v) is 2.28. The van der Waals surface area contributed by atoms with Crippen molar-refractivity contribution in [2.24, 2.45) is 12.1 Å². The molecular weight excluding hydrogens is 358 g/mol. The molecule has 0 saturated carbocycles. The lowest BCUT2D eigenvalue weighted by Gasteiger charge is -2.22. The minimum Gasteiger partial charge on any atom is -0.504 e. The third kappa shape index (κ3) is 3.97. The third-order valence-corrected chi connectivity index (χ3v) is 3.70. The zero-order valence-electron chi connectivity index (χ0n) is 15.2. The summed E-state index contributed by atoms with van der Waals surface area (Å²) in [5.41, 5.74) is -2.09. The van der Waals surface area contributed by atoms with Crippen LogP contribution in [-0.2, 0) is 7.05 Å². The number of aromatic hydroxyl groups is 1. The maximum atomic E-state index is 12.2. The molecule has 0 unspecified atom stereocenters. The number of methoxy groups -OCH3 is 1. The Morgan fingerprint density at radius 2 is 2.07 bits per heavy atom. The van der Waals surface area contributed by atoms with Crippen LogP contribution in [0.2, 0.25) is 0 Å². The van der Waals surface area contributed by atoms with Gasteiger partial charge >= 0.3 is 16.9 Å². The normalized spacial score (nSPS) is 11.1. The molecule has 0 aliphatic carbocycles. The van der Waals surface area contributed by atoms with E-state index < -0.39 is 27.9 Å². The SMILES string of the molecule is COc1cc(C=NN(c2[nH]c(=O)n(C)c(=O)c2[N+](=O)[O-])C(C)C)ccc1O. The average molecular weight is 377 g/mol. The number of nitrogens with one attached hydrogen (secondary N) is 1. The number of H-pyrrole nitrogens is 1. The van der Waals surface area contributed by atoms with Crippen LogP contribution in [0.3, 0.4) is 0 Å². The van der Waals surface area contributed by atoms with Gasteiger partial charge in [-0.1, -0.05) is 0 Å². The van der Waals surface area contributed by atoms with Gasteiger partial charge in [0.1, 0.15) is 0 Å². The summed E-state index contributed by atoms with van der Waals surface area (Å²) in [5.74, 6) is -0.144. The molecule has 0 aliphatic rings. The number of hydrogen-bond donors (Lipinski definition) is 2. The lowest BCUT2D eigenvalue weighted by Crippen LogP contribution is -2.38. The maximum absolute atomic E-state index is 12.2. The Kier molecular flexibility index (Phi) is 5.63. The first-order valence-corrected chi connectivity index (χ1v) is 7.85. The van der Waals surface area contributed by atoms with Crippen LogP contribution >= 0.6 is 0 Å². The molecule has 0 aliphatic heterocycles. The molecule has 0 bridgehead atoms. The van der Waals surface area contributed by atoms with Gasteiger partial charge in [0.25, 0.3) is 0 Å². The van der Waals surface area contributed by atoms with Crippen LogP contribution < -0.4 is 21.0 Å². The van der Waals surface area contributed by atoms with Crippen molar-refractivity contribution in [1.82, 2.24) is 9.55 Å². The zero-order valence-corrected chi connectivity index (χ0v) is 15.2. The van der Waals surface area contributed by atoms with E-state index in [1.165, 1.54) is 30.5 Å². The monoisotopic (exact) mass is 377 g/mol. The van der Waals surface area contributed by atoms with Crippen LogP contribution in [0.5, 0.6) is 11.5 Å². The van der Waals surface area contributed by atoms with E-state index in [0.717, 1.165) is 7.05 Å². The molecule has 0 saturated heterocycles. The molecule has 2 aromatic rings. The summed E-state index contributed by atoms with van der Waals surface area (Å²) in [5, 5.41) is 26.3. The standard InChI is InChI=1S/C16H19N5O6/c1-9(2)20(17-8-10-5-6-11(22)12(7-10)27-4)14-13(21(25)26)15(23)19(3)16(24)18-14/h5-9,22H,1-4H3,(H,18,24). The molecule has 0 amide bonds. The number of aromatic nitrogens is 2. The molecule has 0 atom stereocenters. The van der Waals surface area contributed by atoms with Gasteiger partial charge in [-0.15, -0.1) is 0 Å². The quantitative estimate of drug-likeness (QED) is 0.433. The first-order chi connectivity index (χ1) is 12.7. The molecule has 1 aromatic carbocycles. The van der Waals surface area contributed by atoms with Crippen molar-refractivity contribution in [3.63, 3.8) is 0 Å². The average Bonchev–Trinajstić information content (AvgIpc) is 2.60. The Hall–Kier alpha value is -3.63. The van der Waals surface area contributed by atoms with Crippen LogP contribution in [-0.4, -0.2) is 38.9 Å². The molecular formula is C16H19N5O6. The predicted octanol–water partition coefficient (Wildman–Crippen LogP) is 0.945. The Balaban J connectivity index is 2.58. The van der Waals surface area contributed by atoms with Gasteiger partial charge in [-0.2, -0.15) is 5.10 Å². The van der Waals surface area contributed by atoms with Crippen molar-refractivity contribution in [2.75, 3.05) is 12.1 Å². The molecule has 2 rings (SSSR count). The number of anilines is 1. The number of hydrogen-bond acceptors (Lipinski definition) is 8. The van der Waals surface area contributed by atoms with Crippen LogP contribution in [0.15, 0.2) is 32.9 Å². The van der Waals surface area contributed by atoms with E-state index in [0.29, 0.717) is 10.1 Å². The van der Waals surface area contributed by atoms with Gasteiger partial charge in [0.05, 0.1) is 18.2 Å². The van der Waals surface area contributed by atoms with Crippen molar-refractivity contribution in [3.05, 3.63) is 54.7 Å². The fraction of sp³-hybridized carbons (Fsp3) is 0.312. The van der Waals surface area contributed by atoms with Crippen molar-refractivity contribution < 1.29 is 14.8 Å². The number of rotatable bonds is 6. The summed E-state index contributed by atoms with van der Waals surface area (Å²) in [6.07, 6.45) is 1.36. The minimum absolute atomic E-state index is 0.0538. The lowest BCUT2D eigenvalue weighted by atomic mass is 10.2. The van der Waals surface area contributed by atoms with Crippen molar-refractivity contribution in [3.8, 4) is 11.5 Å². The number of phenolic OH excluding ortho intramolecular Hbond substituents is 1. The smallest absolute Gasteiger partial charge is 0.376 e. The van der Waals surface area contributed by atoms with Crippen LogP contribution in [0, 0.1) is 10.1 Å². The Labute approximate surface area is 153 Å². The molecule has 27 heavy (non-hydrogen) atoms. The second-order valence-corrected chi connectivity index (χ2v) is 5.86. The maximum Gasteiger partial charge on any atom is 0.376 e. The van der Waals surface area contributed by atoms with E-state index in [-0.39, 0.29) is 17.3 Å². The number of nitrogens with zero attached hydrogens (tertiary/aromatic N) is 4. The highest BCUT2D eigenvalue weighted by atomic mass is 16.6. The topological polar surface area (TPSA) is 143 Å². The number of aromatic amines is 1. The summed E-state index contributed by atoms with van der Waals surface area (Å²) in [6, 6.07) is 4.06. The van der Waals surface area contributed by atoms with Crippen LogP contribution in [0.4, 0.5) is 11.5 Å². The molecule has 1 aromatic heterocycles. The second-order valence-electron chi connectivity index (χ2n) is 5.86. The number of benzene rings is 1. The van der Waals surface area contributed by atoms with Crippen molar-refractivity contribution in [2.45, 2.75) is 19.9 Å². The largest absolute Gasteiger partial charge is 0.504 e. The summed E-state index contributed by atoms with van der Waals surface area (Å²) < 4.78 is 5.63. The number of hydrazone groups is 1. The van der Waals surface area contributed by atoms with E-state index in [1.807, 2.05) is 0 Å². The Morgan fingerprint density at radius 1 is 1.41 bits per heavy atom. The van der Waals surface area contributed by atoms with Crippen LogP contribution in [0.1, 0.15) is 19.4 Å². The molecule has 0 radical (unpaired) electrons. The van der Waals surface area contributed by atoms with Gasteiger partial charge < -0.3 is 9.84 Å². The highest BCUT2D eigenvalue weighted by Crippen LogP contribution is 2.26. The lowest BCUT2D eigenvalue weighted by molar-refractivity contribution is -0.386. The van der Waals surface area contributed by atoms with Crippen LogP contribution in [0.25, 0.3) is 0 Å². The number of ether oxygens (including phenoxy) is 1. The second kappa shape index (κ2) is 7.72. The summed E-state index contributed by atoms with van der Waals surface area (Å²) >= 11 is 0. The number of nitro groups is 1. The highest BCUT2D eigenvalue weighted by Gasteiger charge is 2.28. The first kappa shape index (κ1) is 19.7. The minimum atomic E-state index is -1.04. The van der Waals surface area contributed by atoms with E-state index in [1.54, 1.807) is 19.9 Å². The molecule has 0 spiro atoms. The summed E-state index contributed by atoms with van der Waals surface area (Å²) in [4.78, 5) is 36.9. The Bertz CT molecular complexity index is 1010. The van der Waals surface area contributed by atoms with Gasteiger partial charge in [0, 0.05) is 13.1 Å². The number of phenols is 1. The predicted molar refractivity (Wildman–Crippen MR) is 98.8 cm³/mol. The molecule has 2 N–H and O–H groups in total. The fourth-order valence-electron chi connectivity index (χ4n) is 2.28. The van der Waals surface area contributed by atoms with E-state index >= 15 is 0 Å². The van der Waals surface area contributed by atoms with Gasteiger partial charge in [0.2, 0.25) is 5.82 Å². The molecule has 11 heteroatoms. The molecule has 11 nitrogen and oxygen atoms in total. The van der Waals surface area contributed by atoms with Gasteiger partial charge in [-0.3, -0.25) is 24.5 Å². The molecule has 1 heterocycles. The van der Waals surface area contributed by atoms with Crippen molar-refractivity contribution in [1.29, 1.82) is 0 Å². The first-order valence-electron chi connectivity index (χ1n) is 7.85. The highest BCUT2D eigenvalue weighted by molar-refractivity contribution is 5.82. The molecule has 144 valence electrons. The summed E-state index contributed by atoms with van der Waals surface area (Å²) in [7, 11) is 2.54. The van der Waals surface area contributed by atoms with Gasteiger partial charge in [-0.05, 0) is 37.6 Å². The Morgan fingerprint density at radius 3 is 2.63 bits per heavy atom. The van der Waals surface area contributed by atoms with E-state index in [2.05, 4.69) is 10.1 Å². The van der Waals surface area contributed by atoms with Gasteiger partial charge in [-0.25, -0.2) is 9.80 Å². The van der Waals surface area contributed by atoms with Crippen molar-refractivity contribution >= 4 is 17.7 Å². The summed E-state index contributed by atoms with van der Waals surface area (Å²) in [6.45, 7) is 3.38. The zero-order chi connectivity index (χ0) is 20.3. The van der Waals surface area contributed by atoms with E-state index in [4.69, 9.17) is 4.74 Å². The van der Waals surface area contributed by atoms with Gasteiger partial charge in [0.15, 0.2) is 11.5 Å². The van der Waals surface area contributed by atoms with E-state index in [9.17, 15) is 24.8 Å². The third-order valence-electron chi connectivity index (χ3n) is 3.70. The molecule has 0 fully saturated rings.